The van der Waals surface area contributed by atoms with E-state index < -0.39 is 18.2 Å². The van der Waals surface area contributed by atoms with Gasteiger partial charge in [0.2, 0.25) is 0 Å². The Bertz CT molecular complexity index is 461. The van der Waals surface area contributed by atoms with Gasteiger partial charge in [-0.3, -0.25) is 4.79 Å². The second kappa shape index (κ2) is 7.89. The summed E-state index contributed by atoms with van der Waals surface area (Å²) in [4.78, 5) is 23.3. The van der Waals surface area contributed by atoms with Gasteiger partial charge >= 0.3 is 5.97 Å². The van der Waals surface area contributed by atoms with Crippen LogP contribution in [0.3, 0.4) is 0 Å². The van der Waals surface area contributed by atoms with Crippen LogP contribution in [0.2, 0.25) is 0 Å². The number of hydrogen-bond acceptors (Lipinski definition) is 4. The third kappa shape index (κ3) is 5.21. The topological polar surface area (TPSA) is 64.6 Å². The Labute approximate surface area is 126 Å². The van der Waals surface area contributed by atoms with Crippen molar-refractivity contribution >= 4 is 27.8 Å². The van der Waals surface area contributed by atoms with Gasteiger partial charge in [-0.1, -0.05) is 15.9 Å². The van der Waals surface area contributed by atoms with E-state index in [9.17, 15) is 9.59 Å². The van der Waals surface area contributed by atoms with E-state index >= 15 is 0 Å². The minimum atomic E-state index is -0.835. The summed E-state index contributed by atoms with van der Waals surface area (Å²) >= 11 is 3.31. The zero-order valence-electron chi connectivity index (χ0n) is 11.7. The second-order valence-corrected chi connectivity index (χ2v) is 5.10. The largest absolute Gasteiger partial charge is 0.479 e. The number of hydrogen-bond donors (Lipinski definition) is 1. The van der Waals surface area contributed by atoms with Crippen molar-refractivity contribution in [1.29, 1.82) is 0 Å². The van der Waals surface area contributed by atoms with Crippen molar-refractivity contribution in [3.05, 3.63) is 28.7 Å². The SMILES string of the molecule is CCNC(=O)[C@@H](C)OC(=O)[C@H](C)Oc1ccc(Br)cc1. The zero-order chi connectivity index (χ0) is 15.1. The van der Waals surface area contributed by atoms with Gasteiger partial charge in [0.05, 0.1) is 0 Å². The number of nitrogens with one attached hydrogen (secondary N) is 1. The number of ether oxygens (including phenoxy) is 2. The lowest BCUT2D eigenvalue weighted by Crippen LogP contribution is -2.38. The van der Waals surface area contributed by atoms with Gasteiger partial charge in [-0.15, -0.1) is 0 Å². The van der Waals surface area contributed by atoms with Crippen LogP contribution in [0, 0.1) is 0 Å². The number of esters is 1. The summed E-state index contributed by atoms with van der Waals surface area (Å²) < 4.78 is 11.4. The monoisotopic (exact) mass is 343 g/mol. The number of amides is 1. The third-order valence-electron chi connectivity index (χ3n) is 2.47. The van der Waals surface area contributed by atoms with Gasteiger partial charge in [-0.25, -0.2) is 4.79 Å². The maximum atomic E-state index is 11.8. The lowest BCUT2D eigenvalue weighted by atomic mass is 10.3. The fourth-order valence-corrected chi connectivity index (χ4v) is 1.67. The minimum absolute atomic E-state index is 0.323. The molecule has 1 rings (SSSR count). The summed E-state index contributed by atoms with van der Waals surface area (Å²) in [5, 5.41) is 2.58. The predicted octanol–water partition coefficient (Wildman–Crippen LogP) is 2.28. The molecule has 0 spiro atoms. The number of benzene rings is 1. The number of carbonyl (C=O) groups excluding carboxylic acids is 2. The molecule has 0 aliphatic carbocycles. The smallest absolute Gasteiger partial charge is 0.347 e. The summed E-state index contributed by atoms with van der Waals surface area (Å²) in [5.41, 5.74) is 0. The Kier molecular flexibility index (Phi) is 6.51. The first-order valence-electron chi connectivity index (χ1n) is 6.34. The molecule has 1 amide bonds. The highest BCUT2D eigenvalue weighted by atomic mass is 79.9. The molecule has 20 heavy (non-hydrogen) atoms. The lowest BCUT2D eigenvalue weighted by Gasteiger charge is -2.17. The molecule has 0 fully saturated rings. The molecule has 1 aromatic carbocycles. The van der Waals surface area contributed by atoms with E-state index in [0.717, 1.165) is 4.47 Å². The Morgan fingerprint density at radius 1 is 1.20 bits per heavy atom. The van der Waals surface area contributed by atoms with Crippen molar-refractivity contribution in [2.75, 3.05) is 6.54 Å². The Balaban J connectivity index is 2.50. The Hall–Kier alpha value is -1.56. The molecule has 1 aromatic rings. The molecule has 6 heteroatoms. The van der Waals surface area contributed by atoms with Gasteiger partial charge in [0, 0.05) is 11.0 Å². The van der Waals surface area contributed by atoms with Crippen LogP contribution in [-0.4, -0.2) is 30.6 Å². The molecule has 0 aromatic heterocycles. The van der Waals surface area contributed by atoms with Crippen molar-refractivity contribution in [2.45, 2.75) is 33.0 Å². The van der Waals surface area contributed by atoms with Gasteiger partial charge in [0.25, 0.3) is 5.91 Å². The van der Waals surface area contributed by atoms with Crippen molar-refractivity contribution < 1.29 is 19.1 Å². The molecule has 2 atom stereocenters. The first kappa shape index (κ1) is 16.5. The summed E-state index contributed by atoms with van der Waals surface area (Å²) in [5.74, 6) is -0.341. The zero-order valence-corrected chi connectivity index (χ0v) is 13.3. The fraction of sp³-hybridized carbons (Fsp3) is 0.429. The number of rotatable bonds is 6. The summed E-state index contributed by atoms with van der Waals surface area (Å²) in [6.07, 6.45) is -1.62. The first-order valence-corrected chi connectivity index (χ1v) is 7.13. The average molecular weight is 344 g/mol. The van der Waals surface area contributed by atoms with Gasteiger partial charge in [0.15, 0.2) is 12.2 Å². The van der Waals surface area contributed by atoms with Crippen molar-refractivity contribution in [3.8, 4) is 5.75 Å². The van der Waals surface area contributed by atoms with Crippen LogP contribution in [0.4, 0.5) is 0 Å². The first-order chi connectivity index (χ1) is 9.43. The quantitative estimate of drug-likeness (QED) is 0.805. The maximum absolute atomic E-state index is 11.8. The molecule has 110 valence electrons. The van der Waals surface area contributed by atoms with Crippen LogP contribution in [0.5, 0.6) is 5.75 Å². The van der Waals surface area contributed by atoms with E-state index in [0.29, 0.717) is 12.3 Å². The predicted molar refractivity (Wildman–Crippen MR) is 78.5 cm³/mol. The van der Waals surface area contributed by atoms with E-state index in [2.05, 4.69) is 21.2 Å². The average Bonchev–Trinajstić information content (AvgIpc) is 2.41. The lowest BCUT2D eigenvalue weighted by molar-refractivity contribution is -0.160. The van der Waals surface area contributed by atoms with Crippen LogP contribution < -0.4 is 10.1 Å². The van der Waals surface area contributed by atoms with E-state index in [4.69, 9.17) is 9.47 Å². The summed E-state index contributed by atoms with van der Waals surface area (Å²) in [6.45, 7) is 5.39. The molecule has 0 saturated heterocycles. The molecule has 0 radical (unpaired) electrons. The molecule has 1 N–H and O–H groups in total. The van der Waals surface area contributed by atoms with Crippen molar-refractivity contribution in [1.82, 2.24) is 5.32 Å². The Morgan fingerprint density at radius 2 is 1.80 bits per heavy atom. The molecule has 0 aliphatic heterocycles. The molecule has 0 aliphatic rings. The maximum Gasteiger partial charge on any atom is 0.347 e. The van der Waals surface area contributed by atoms with E-state index in [1.165, 1.54) is 6.92 Å². The van der Waals surface area contributed by atoms with Gasteiger partial charge in [-0.05, 0) is 45.0 Å². The van der Waals surface area contributed by atoms with Crippen LogP contribution >= 0.6 is 15.9 Å². The molecule has 0 bridgehead atoms. The molecule has 0 unspecified atom stereocenters. The van der Waals surface area contributed by atoms with E-state index in [1.54, 1.807) is 26.0 Å². The number of halogens is 1. The molecule has 0 saturated carbocycles. The van der Waals surface area contributed by atoms with E-state index in [-0.39, 0.29) is 5.91 Å². The summed E-state index contributed by atoms with van der Waals surface area (Å²) in [6, 6.07) is 7.09. The van der Waals surface area contributed by atoms with Crippen LogP contribution in [0.15, 0.2) is 28.7 Å². The molecular formula is C14H18BrNO4. The van der Waals surface area contributed by atoms with Crippen molar-refractivity contribution in [3.63, 3.8) is 0 Å². The van der Waals surface area contributed by atoms with Crippen LogP contribution in [0.1, 0.15) is 20.8 Å². The summed E-state index contributed by atoms with van der Waals surface area (Å²) in [7, 11) is 0. The standard InChI is InChI=1S/C14H18BrNO4/c1-4-16-13(17)9(2)20-14(18)10(3)19-12-7-5-11(15)6-8-12/h5-10H,4H2,1-3H3,(H,16,17)/t9-,10+/m1/s1. The molecule has 5 nitrogen and oxygen atoms in total. The number of likely N-dealkylation sites (N-methyl/N-ethyl adjacent to an activating group) is 1. The van der Waals surface area contributed by atoms with Crippen LogP contribution in [-0.2, 0) is 14.3 Å². The fourth-order valence-electron chi connectivity index (χ4n) is 1.41. The Morgan fingerprint density at radius 3 is 2.35 bits per heavy atom. The van der Waals surface area contributed by atoms with Gasteiger partial charge in [0.1, 0.15) is 5.75 Å². The highest BCUT2D eigenvalue weighted by Gasteiger charge is 2.22. The second-order valence-electron chi connectivity index (χ2n) is 4.19. The van der Waals surface area contributed by atoms with Crippen molar-refractivity contribution in [2.24, 2.45) is 0 Å². The highest BCUT2D eigenvalue weighted by molar-refractivity contribution is 9.10. The molecular weight excluding hydrogens is 326 g/mol. The van der Waals surface area contributed by atoms with Gasteiger partial charge in [-0.2, -0.15) is 0 Å². The number of carbonyl (C=O) groups is 2. The third-order valence-corrected chi connectivity index (χ3v) is 3.00. The highest BCUT2D eigenvalue weighted by Crippen LogP contribution is 2.17. The minimum Gasteiger partial charge on any atom is -0.479 e. The molecule has 0 heterocycles. The van der Waals surface area contributed by atoms with E-state index in [1.807, 2.05) is 12.1 Å². The van der Waals surface area contributed by atoms with Gasteiger partial charge < -0.3 is 14.8 Å². The van der Waals surface area contributed by atoms with Crippen LogP contribution in [0.25, 0.3) is 0 Å². The normalized spacial score (nSPS) is 13.2.